The Morgan fingerprint density at radius 2 is 0.768 bits per heavy atom. The summed E-state index contributed by atoms with van der Waals surface area (Å²) in [5, 5.41) is 27.0. The zero-order valence-electron chi connectivity index (χ0n) is 42.9. The van der Waals surface area contributed by atoms with E-state index in [0.29, 0.717) is 0 Å². The average Bonchev–Trinajstić information content (AvgIpc) is 3.39. The third kappa shape index (κ3) is 15.2. The molecule has 69 heavy (non-hydrogen) atoms. The lowest BCUT2D eigenvalue weighted by Crippen LogP contribution is -2.44. The number of nitrogens with one attached hydrogen (secondary N) is 1. The van der Waals surface area contributed by atoms with Crippen LogP contribution in [0.2, 0.25) is 0 Å². The second-order valence-corrected chi connectivity index (χ2v) is 22.0. The van der Waals surface area contributed by atoms with Crippen molar-refractivity contribution in [2.24, 2.45) is 11.8 Å². The average molecular weight is 948 g/mol. The molecule has 0 amide bonds. The minimum absolute atomic E-state index is 0.220. The molecule has 2 fully saturated rings. The molecule has 5 heteroatoms. The fraction of sp³-hybridized carbons (Fsp3) is 0.438. The van der Waals surface area contributed by atoms with Crippen LogP contribution in [0.4, 0.5) is 0 Å². The molecule has 0 spiro atoms. The quantitative estimate of drug-likeness (QED) is 0.0709. The highest BCUT2D eigenvalue weighted by molar-refractivity contribution is 6.17. The van der Waals surface area contributed by atoms with Gasteiger partial charge in [0.25, 0.3) is 0 Å². The number of alkyl halides is 1. The Morgan fingerprint density at radius 3 is 1.10 bits per heavy atom. The summed E-state index contributed by atoms with van der Waals surface area (Å²) in [6.07, 6.45) is 11.1. The van der Waals surface area contributed by atoms with Crippen LogP contribution in [-0.2, 0) is 34.9 Å². The number of likely N-dealkylation sites (tertiary alicyclic amines) is 1. The maximum atomic E-state index is 12.1. The molecule has 4 nitrogen and oxygen atoms in total. The highest BCUT2D eigenvalue weighted by atomic mass is 35.5. The molecule has 2 saturated heterocycles. The van der Waals surface area contributed by atoms with E-state index in [2.05, 4.69) is 125 Å². The molecule has 2 aliphatic heterocycles. The fourth-order valence-electron chi connectivity index (χ4n) is 10.3. The Bertz CT molecular complexity index is 2230. The largest absolute Gasteiger partial charge is 0.380 e. The van der Waals surface area contributed by atoms with Gasteiger partial charge in [0.05, 0.1) is 0 Å². The first-order valence-electron chi connectivity index (χ1n) is 26.1. The lowest BCUT2D eigenvalue weighted by molar-refractivity contribution is -0.0143. The molecule has 0 saturated carbocycles. The molecule has 0 radical (unpaired) electrons. The maximum absolute atomic E-state index is 12.1. The van der Waals surface area contributed by atoms with Crippen LogP contribution >= 0.6 is 11.6 Å². The van der Waals surface area contributed by atoms with E-state index in [9.17, 15) is 10.2 Å². The normalized spacial score (nSPS) is 15.4. The number of aryl methyl sites for hydroxylation is 2. The van der Waals surface area contributed by atoms with Gasteiger partial charge in [-0.2, -0.15) is 0 Å². The number of piperidine rings is 2. The highest BCUT2D eigenvalue weighted by Gasteiger charge is 2.42. The zero-order valence-corrected chi connectivity index (χ0v) is 43.6. The van der Waals surface area contributed by atoms with Gasteiger partial charge in [-0.25, -0.2) is 0 Å². The summed E-state index contributed by atoms with van der Waals surface area (Å²) in [5.74, 6) is 1.27. The van der Waals surface area contributed by atoms with Crippen molar-refractivity contribution in [1.29, 1.82) is 0 Å². The van der Waals surface area contributed by atoms with E-state index < -0.39 is 11.2 Å². The second-order valence-electron chi connectivity index (χ2n) is 21.6. The van der Waals surface area contributed by atoms with Crippen molar-refractivity contribution >= 4 is 11.6 Å². The Morgan fingerprint density at radius 1 is 0.435 bits per heavy atom. The highest BCUT2D eigenvalue weighted by Crippen LogP contribution is 2.43. The second kappa shape index (κ2) is 26.1. The van der Waals surface area contributed by atoms with Crippen molar-refractivity contribution in [3.05, 3.63) is 214 Å². The number of hydrogen-bond donors (Lipinski definition) is 3. The Hall–Kier alpha value is -4.55. The monoisotopic (exact) mass is 947 g/mol. The molecule has 6 aromatic carbocycles. The van der Waals surface area contributed by atoms with Crippen molar-refractivity contribution in [3.63, 3.8) is 0 Å². The standard InChI is InChI=1S/C32H41NO.C18H21NO.C14H21Cl/c1-31(2,3)27-19-17-26(18-20-27)12-10-11-23-33-24-21-30(22-25-33)32(34,28-13-6-4-7-14-28)29-15-8-5-9-16-29;20-18(15-7-3-1-4-8-15,16-9-5-2-6-10-16)17-11-13-19-14-12-17;1-14(2,3)13-9-7-12(8-10-13)6-4-5-11-15/h4-9,13-20,30,34H,10-12,21-25H2,1-3H3;1-10,17,19-20H,11-14H2;7-10H,4-6,11H2,1-3H3. The van der Waals surface area contributed by atoms with Crippen LogP contribution in [0.25, 0.3) is 0 Å². The van der Waals surface area contributed by atoms with Crippen molar-refractivity contribution in [2.75, 3.05) is 38.6 Å². The van der Waals surface area contributed by atoms with Crippen molar-refractivity contribution in [3.8, 4) is 0 Å². The van der Waals surface area contributed by atoms with Crippen molar-refractivity contribution in [1.82, 2.24) is 10.2 Å². The molecular formula is C64H83ClN2O2. The number of unbranched alkanes of at least 4 members (excludes halogenated alkanes) is 2. The van der Waals surface area contributed by atoms with E-state index in [1.165, 1.54) is 41.5 Å². The van der Waals surface area contributed by atoms with Crippen LogP contribution in [0.1, 0.15) is 137 Å². The number of hydrogen-bond acceptors (Lipinski definition) is 4. The first-order chi connectivity index (χ1) is 33.2. The zero-order chi connectivity index (χ0) is 49.2. The molecule has 3 N–H and O–H groups in total. The molecule has 0 unspecified atom stereocenters. The molecule has 0 aromatic heterocycles. The van der Waals surface area contributed by atoms with E-state index in [4.69, 9.17) is 11.6 Å². The smallest absolute Gasteiger partial charge is 0.117 e. The van der Waals surface area contributed by atoms with Gasteiger partial charge in [0.15, 0.2) is 0 Å². The third-order valence-electron chi connectivity index (χ3n) is 14.6. The van der Waals surface area contributed by atoms with Gasteiger partial charge in [-0.05, 0) is 164 Å². The van der Waals surface area contributed by atoms with Crippen LogP contribution in [0, 0.1) is 11.8 Å². The van der Waals surface area contributed by atoms with E-state index in [0.717, 1.165) is 106 Å². The number of aliphatic hydroxyl groups is 2. The summed E-state index contributed by atoms with van der Waals surface area (Å²) in [5.41, 5.74) is 8.38. The van der Waals surface area contributed by atoms with Gasteiger partial charge in [-0.3, -0.25) is 0 Å². The molecule has 0 atom stereocenters. The molecule has 6 aromatic rings. The van der Waals surface area contributed by atoms with Gasteiger partial charge in [0.1, 0.15) is 11.2 Å². The van der Waals surface area contributed by atoms with Gasteiger partial charge in [0, 0.05) is 5.88 Å². The molecule has 2 heterocycles. The lowest BCUT2D eigenvalue weighted by atomic mass is 9.72. The maximum Gasteiger partial charge on any atom is 0.117 e. The van der Waals surface area contributed by atoms with E-state index in [1.54, 1.807) is 0 Å². The minimum atomic E-state index is -0.923. The third-order valence-corrected chi connectivity index (χ3v) is 14.9. The molecule has 8 rings (SSSR count). The summed E-state index contributed by atoms with van der Waals surface area (Å²) < 4.78 is 0. The lowest BCUT2D eigenvalue weighted by Gasteiger charge is -2.42. The van der Waals surface area contributed by atoms with E-state index in [1.807, 2.05) is 97.1 Å². The van der Waals surface area contributed by atoms with E-state index in [-0.39, 0.29) is 22.7 Å². The molecular weight excluding hydrogens is 864 g/mol. The predicted octanol–water partition coefficient (Wildman–Crippen LogP) is 14.4. The molecule has 0 aliphatic carbocycles. The number of rotatable bonds is 15. The van der Waals surface area contributed by atoms with Crippen LogP contribution in [0.3, 0.4) is 0 Å². The predicted molar refractivity (Wildman–Crippen MR) is 293 cm³/mol. The van der Waals surface area contributed by atoms with Gasteiger partial charge in [-0.1, -0.05) is 211 Å². The fourth-order valence-corrected chi connectivity index (χ4v) is 10.5. The Labute approximate surface area is 422 Å². The number of nitrogens with zero attached hydrogens (tertiary/aromatic N) is 1. The van der Waals surface area contributed by atoms with Crippen molar-refractivity contribution < 1.29 is 10.2 Å². The minimum Gasteiger partial charge on any atom is -0.380 e. The summed E-state index contributed by atoms with van der Waals surface area (Å²) in [6, 6.07) is 58.8. The SMILES string of the molecule is CC(C)(C)c1ccc(CCCCCl)cc1.CC(C)(C)c1ccc(CCCCN2CCC(C(O)(c3ccccc3)c3ccccc3)CC2)cc1.OC(c1ccccc1)(c1ccccc1)C1CCNCC1. The van der Waals surface area contributed by atoms with Gasteiger partial charge in [0.2, 0.25) is 0 Å². The Kier molecular flexibility index (Phi) is 20.3. The molecule has 368 valence electrons. The summed E-state index contributed by atoms with van der Waals surface area (Å²) in [7, 11) is 0. The summed E-state index contributed by atoms with van der Waals surface area (Å²) >= 11 is 5.65. The van der Waals surface area contributed by atoms with Crippen LogP contribution in [0.15, 0.2) is 170 Å². The van der Waals surface area contributed by atoms with Gasteiger partial charge >= 0.3 is 0 Å². The van der Waals surface area contributed by atoms with Gasteiger partial charge in [-0.15, -0.1) is 11.6 Å². The van der Waals surface area contributed by atoms with Crippen LogP contribution < -0.4 is 5.32 Å². The van der Waals surface area contributed by atoms with Crippen molar-refractivity contribution in [2.45, 2.75) is 128 Å². The van der Waals surface area contributed by atoms with Gasteiger partial charge < -0.3 is 20.4 Å². The van der Waals surface area contributed by atoms with Crippen LogP contribution in [0.5, 0.6) is 0 Å². The summed E-state index contributed by atoms with van der Waals surface area (Å²) in [6.45, 7) is 18.8. The first kappa shape index (κ1) is 53.8. The van der Waals surface area contributed by atoms with E-state index >= 15 is 0 Å². The first-order valence-corrected chi connectivity index (χ1v) is 26.6. The number of halogens is 1. The molecule has 0 bridgehead atoms. The van der Waals surface area contributed by atoms with Crippen LogP contribution in [-0.4, -0.2) is 53.7 Å². The number of benzene rings is 6. The Balaban J connectivity index is 0.000000189. The molecule has 2 aliphatic rings. The topological polar surface area (TPSA) is 55.7 Å². The summed E-state index contributed by atoms with van der Waals surface area (Å²) in [4.78, 5) is 2.59.